The average molecular weight is 463 g/mol. The molecule has 0 spiro atoms. The van der Waals surface area contributed by atoms with Crippen LogP contribution in [0.3, 0.4) is 0 Å². The summed E-state index contributed by atoms with van der Waals surface area (Å²) < 4.78 is 29.1. The molecule has 0 aromatic heterocycles. The number of halogens is 2. The van der Waals surface area contributed by atoms with E-state index in [-0.39, 0.29) is 16.9 Å². The number of aromatic carboxylic acids is 1. The lowest BCUT2D eigenvalue weighted by Crippen LogP contribution is -2.50. The van der Waals surface area contributed by atoms with E-state index in [9.17, 15) is 18.3 Å². The van der Waals surface area contributed by atoms with E-state index < -0.39 is 21.7 Å². The van der Waals surface area contributed by atoms with Crippen molar-refractivity contribution in [2.24, 2.45) is 0 Å². The molecule has 1 unspecified atom stereocenters. The van der Waals surface area contributed by atoms with Crippen LogP contribution in [0.25, 0.3) is 0 Å². The fourth-order valence-electron chi connectivity index (χ4n) is 3.49. The van der Waals surface area contributed by atoms with E-state index >= 15 is 0 Å². The summed E-state index contributed by atoms with van der Waals surface area (Å²) in [4.78, 5) is 11.3. The lowest BCUT2D eigenvalue weighted by molar-refractivity contribution is 0.0696. The Morgan fingerprint density at radius 3 is 2.27 bits per heavy atom. The highest BCUT2D eigenvalue weighted by Gasteiger charge is 2.43. The molecule has 0 radical (unpaired) electrons. The quantitative estimate of drug-likeness (QED) is 0.518. The summed E-state index contributed by atoms with van der Waals surface area (Å²) in [7, 11) is -3.95. The van der Waals surface area contributed by atoms with Gasteiger partial charge in [0, 0.05) is 22.2 Å². The first-order valence-electron chi connectivity index (χ1n) is 8.89. The first kappa shape index (κ1) is 20.7. The van der Waals surface area contributed by atoms with Gasteiger partial charge in [0.15, 0.2) is 0 Å². The Morgan fingerprint density at radius 2 is 1.67 bits per heavy atom. The number of benzene rings is 3. The van der Waals surface area contributed by atoms with Crippen LogP contribution in [0.2, 0.25) is 10.0 Å². The third-order valence-electron chi connectivity index (χ3n) is 4.97. The van der Waals surface area contributed by atoms with Gasteiger partial charge in [0.2, 0.25) is 10.0 Å². The van der Waals surface area contributed by atoms with Crippen molar-refractivity contribution in [2.75, 3.05) is 5.32 Å². The molecule has 6 nitrogen and oxygen atoms in total. The number of carbonyl (C=O) groups is 1. The molecule has 1 atom stereocenters. The van der Waals surface area contributed by atoms with Gasteiger partial charge in [-0.1, -0.05) is 41.4 Å². The van der Waals surface area contributed by atoms with E-state index in [2.05, 4.69) is 10.0 Å². The first-order valence-corrected chi connectivity index (χ1v) is 11.1. The number of nitrogens with one attached hydrogen (secondary N) is 2. The number of fused-ring (bicyclic) bond motifs is 1. The maximum absolute atomic E-state index is 13.2. The number of sulfonamides is 1. The zero-order valence-electron chi connectivity index (χ0n) is 15.4. The molecular weight excluding hydrogens is 447 g/mol. The van der Waals surface area contributed by atoms with Crippen molar-refractivity contribution in [3.8, 4) is 0 Å². The van der Waals surface area contributed by atoms with Crippen molar-refractivity contribution in [1.29, 1.82) is 0 Å². The van der Waals surface area contributed by atoms with Crippen LogP contribution < -0.4 is 10.0 Å². The highest BCUT2D eigenvalue weighted by Crippen LogP contribution is 2.41. The van der Waals surface area contributed by atoms with Gasteiger partial charge in [-0.2, -0.15) is 4.72 Å². The molecule has 30 heavy (non-hydrogen) atoms. The van der Waals surface area contributed by atoms with Crippen LogP contribution in [0, 0.1) is 0 Å². The second kappa shape index (κ2) is 7.59. The van der Waals surface area contributed by atoms with Gasteiger partial charge in [0.25, 0.3) is 0 Å². The lowest BCUT2D eigenvalue weighted by atomic mass is 9.95. The van der Waals surface area contributed by atoms with Crippen LogP contribution in [0.5, 0.6) is 0 Å². The largest absolute Gasteiger partial charge is 0.478 e. The van der Waals surface area contributed by atoms with Crippen molar-refractivity contribution in [3.63, 3.8) is 0 Å². The topological polar surface area (TPSA) is 95.5 Å². The second-order valence-electron chi connectivity index (χ2n) is 6.91. The van der Waals surface area contributed by atoms with Gasteiger partial charge in [0.1, 0.15) is 5.66 Å². The number of anilines is 1. The van der Waals surface area contributed by atoms with E-state index in [0.717, 1.165) is 5.56 Å². The second-order valence-corrected chi connectivity index (χ2v) is 9.44. The molecule has 1 aliphatic rings. The molecule has 0 aliphatic carbocycles. The molecule has 0 saturated heterocycles. The Balaban J connectivity index is 1.80. The minimum atomic E-state index is -3.95. The first-order chi connectivity index (χ1) is 14.2. The standard InChI is InChI=1S/C21H16Cl2N2O4S/c22-15-8-10-16(11-9-15)30(28,29)25-21(14-6-4-13(5-7-14)20(26)27)12-17-18(23)2-1-3-19(17)24-21/h1-11,24-25H,12H2,(H,26,27). The fraction of sp³-hybridized carbons (Fsp3) is 0.0952. The molecule has 3 N–H and O–H groups in total. The molecule has 154 valence electrons. The van der Waals surface area contributed by atoms with Gasteiger partial charge in [-0.3, -0.25) is 0 Å². The van der Waals surface area contributed by atoms with Crippen molar-refractivity contribution in [1.82, 2.24) is 4.72 Å². The predicted octanol–water partition coefficient (Wildman–Crippen LogP) is 4.49. The Hall–Kier alpha value is -2.58. The molecular formula is C21H16Cl2N2O4S. The Kier molecular flexibility index (Phi) is 5.23. The normalized spacial score (nSPS) is 17.9. The monoisotopic (exact) mass is 462 g/mol. The lowest BCUT2D eigenvalue weighted by Gasteiger charge is -2.32. The summed E-state index contributed by atoms with van der Waals surface area (Å²) in [5.41, 5.74) is 0.868. The molecule has 3 aromatic carbocycles. The molecule has 4 rings (SSSR count). The Morgan fingerprint density at radius 1 is 1.00 bits per heavy atom. The summed E-state index contributed by atoms with van der Waals surface area (Å²) in [5, 5.41) is 13.4. The maximum Gasteiger partial charge on any atom is 0.335 e. The third kappa shape index (κ3) is 3.77. The van der Waals surface area contributed by atoms with E-state index in [1.807, 2.05) is 6.07 Å². The van der Waals surface area contributed by atoms with Gasteiger partial charge in [-0.25, -0.2) is 13.2 Å². The van der Waals surface area contributed by atoms with Crippen molar-refractivity contribution >= 4 is 44.9 Å². The van der Waals surface area contributed by atoms with Crippen LogP contribution in [0.15, 0.2) is 71.6 Å². The van der Waals surface area contributed by atoms with E-state index in [1.165, 1.54) is 36.4 Å². The maximum atomic E-state index is 13.2. The fourth-order valence-corrected chi connectivity index (χ4v) is 5.17. The van der Waals surface area contributed by atoms with Gasteiger partial charge in [-0.15, -0.1) is 0 Å². The van der Waals surface area contributed by atoms with Crippen molar-refractivity contribution in [2.45, 2.75) is 17.0 Å². The SMILES string of the molecule is O=C(O)c1ccc(C2(NS(=O)(=O)c3ccc(Cl)cc3)Cc3c(Cl)cccc3N2)cc1. The minimum absolute atomic E-state index is 0.0530. The Bertz CT molecular complexity index is 1230. The highest BCUT2D eigenvalue weighted by atomic mass is 35.5. The smallest absolute Gasteiger partial charge is 0.335 e. The van der Waals surface area contributed by atoms with E-state index in [0.29, 0.717) is 21.3 Å². The van der Waals surface area contributed by atoms with Crippen LogP contribution in [0.4, 0.5) is 5.69 Å². The highest BCUT2D eigenvalue weighted by molar-refractivity contribution is 7.89. The van der Waals surface area contributed by atoms with E-state index in [4.69, 9.17) is 23.2 Å². The van der Waals surface area contributed by atoms with Gasteiger partial charge < -0.3 is 10.4 Å². The summed E-state index contributed by atoms with van der Waals surface area (Å²) in [5.74, 6) is -1.07. The number of rotatable bonds is 5. The van der Waals surface area contributed by atoms with Crippen LogP contribution in [-0.4, -0.2) is 19.5 Å². The van der Waals surface area contributed by atoms with Crippen molar-refractivity contribution < 1.29 is 18.3 Å². The Labute approximate surface area is 183 Å². The van der Waals surface area contributed by atoms with Crippen LogP contribution in [-0.2, 0) is 22.1 Å². The summed E-state index contributed by atoms with van der Waals surface area (Å²) >= 11 is 12.2. The third-order valence-corrected chi connectivity index (χ3v) is 7.08. The van der Waals surface area contributed by atoms with Crippen molar-refractivity contribution in [3.05, 3.63) is 93.5 Å². The molecule has 1 aliphatic heterocycles. The zero-order chi connectivity index (χ0) is 21.5. The molecule has 9 heteroatoms. The molecule has 0 amide bonds. The molecule has 0 saturated carbocycles. The average Bonchev–Trinajstić information content (AvgIpc) is 3.08. The predicted molar refractivity (Wildman–Crippen MR) is 116 cm³/mol. The van der Waals surface area contributed by atoms with E-state index in [1.54, 1.807) is 24.3 Å². The van der Waals surface area contributed by atoms with Crippen LogP contribution in [0.1, 0.15) is 21.5 Å². The molecule has 0 bridgehead atoms. The summed E-state index contributed by atoms with van der Waals surface area (Å²) in [6.07, 6.45) is 0.237. The molecule has 0 fully saturated rings. The molecule has 3 aromatic rings. The number of carboxylic acids is 1. The van der Waals surface area contributed by atoms with Gasteiger partial charge >= 0.3 is 5.97 Å². The van der Waals surface area contributed by atoms with Crippen LogP contribution >= 0.6 is 23.2 Å². The summed E-state index contributed by atoms with van der Waals surface area (Å²) in [6.45, 7) is 0. The summed E-state index contributed by atoms with van der Waals surface area (Å²) in [6, 6.07) is 17.2. The van der Waals surface area contributed by atoms with Gasteiger partial charge in [0.05, 0.1) is 10.5 Å². The van der Waals surface area contributed by atoms with Gasteiger partial charge in [-0.05, 0) is 59.7 Å². The number of hydrogen-bond acceptors (Lipinski definition) is 4. The minimum Gasteiger partial charge on any atom is -0.478 e. The number of carboxylic acid groups (broad SMARTS) is 1. The number of hydrogen-bond donors (Lipinski definition) is 3. The zero-order valence-corrected chi connectivity index (χ0v) is 17.7. The molecule has 1 heterocycles.